The molecule has 0 saturated heterocycles. The summed E-state index contributed by atoms with van der Waals surface area (Å²) in [4.78, 5) is 12.3. The number of urea groups is 1. The fourth-order valence-corrected chi connectivity index (χ4v) is 0.494. The van der Waals surface area contributed by atoms with Gasteiger partial charge in [0.1, 0.15) is 0 Å². The normalized spacial score (nSPS) is 9.50. The van der Waals surface area contributed by atoms with Gasteiger partial charge in [0.25, 0.3) is 0 Å². The Bertz CT molecular complexity index is 106. The maximum atomic E-state index is 10.8. The smallest absolute Gasteiger partial charge is 0.389 e. The summed E-state index contributed by atoms with van der Waals surface area (Å²) in [7, 11) is 6.67. The lowest BCUT2D eigenvalue weighted by Gasteiger charge is -2.13. The predicted molar refractivity (Wildman–Crippen MR) is 37.2 cm³/mol. The number of nitrogens with zero attached hydrogens (tertiary/aromatic N) is 1. The second-order valence-electron chi connectivity index (χ2n) is 1.96. The Hall–Kier alpha value is -0.610. The van der Waals surface area contributed by atoms with Crippen LogP contribution in [0, 0.1) is 7.05 Å². The van der Waals surface area contributed by atoms with Gasteiger partial charge >= 0.3 is 6.03 Å². The van der Waals surface area contributed by atoms with Crippen molar-refractivity contribution in [1.82, 2.24) is 4.90 Å². The highest BCUT2D eigenvalue weighted by molar-refractivity contribution is 5.63. The molecule has 0 aromatic heterocycles. The molecule has 60 valence electrons. The van der Waals surface area contributed by atoms with Crippen molar-refractivity contribution in [2.24, 2.45) is 0 Å². The minimum Gasteiger partial charge on any atom is -0.395 e. The Balaban J connectivity index is 3.41. The number of rotatable bonds is 3. The third-order valence-electron chi connectivity index (χ3n) is 1.18. The first-order valence-corrected chi connectivity index (χ1v) is 3.09. The van der Waals surface area contributed by atoms with E-state index < -0.39 is 0 Å². The molecule has 0 aromatic rings. The molecule has 2 amide bonds. The zero-order valence-electron chi connectivity index (χ0n) is 6.46. The number of methoxy groups -OCH3 is 1. The Kier molecular flexibility index (Phi) is 4.88. The SMILES string of the molecule is [CH2-][NH2+]C(=O)N(C)CCOC. The highest BCUT2D eigenvalue weighted by Crippen LogP contribution is 1.78. The molecule has 10 heavy (non-hydrogen) atoms. The van der Waals surface area contributed by atoms with Gasteiger partial charge in [-0.1, -0.05) is 0 Å². The second kappa shape index (κ2) is 5.20. The number of nitrogens with two attached hydrogens (primary N) is 1. The molecule has 0 heterocycles. The van der Waals surface area contributed by atoms with Gasteiger partial charge in [-0.15, -0.1) is 7.05 Å². The van der Waals surface area contributed by atoms with Crippen molar-refractivity contribution in [1.29, 1.82) is 0 Å². The Morgan fingerprint density at radius 2 is 2.40 bits per heavy atom. The van der Waals surface area contributed by atoms with E-state index in [0.29, 0.717) is 13.2 Å². The molecule has 0 fully saturated rings. The quantitative estimate of drug-likeness (QED) is 0.521. The molecule has 0 aliphatic carbocycles. The van der Waals surface area contributed by atoms with Crippen LogP contribution in [0.4, 0.5) is 4.79 Å². The van der Waals surface area contributed by atoms with Crippen molar-refractivity contribution in [3.63, 3.8) is 0 Å². The van der Waals surface area contributed by atoms with Crippen LogP contribution in [0.25, 0.3) is 0 Å². The molecule has 4 heteroatoms. The highest BCUT2D eigenvalue weighted by atomic mass is 16.5. The van der Waals surface area contributed by atoms with Crippen LogP contribution in [0.2, 0.25) is 0 Å². The van der Waals surface area contributed by atoms with E-state index in [0.717, 1.165) is 0 Å². The van der Waals surface area contributed by atoms with Crippen molar-refractivity contribution < 1.29 is 14.8 Å². The molecule has 0 atom stereocenters. The van der Waals surface area contributed by atoms with Crippen LogP contribution >= 0.6 is 0 Å². The van der Waals surface area contributed by atoms with Crippen molar-refractivity contribution in [3.05, 3.63) is 7.05 Å². The minimum absolute atomic E-state index is 0.0722. The summed E-state index contributed by atoms with van der Waals surface area (Å²) >= 11 is 0. The molecule has 0 aliphatic rings. The average Bonchev–Trinajstić information content (AvgIpc) is 1.98. The van der Waals surface area contributed by atoms with Crippen molar-refractivity contribution in [2.45, 2.75) is 0 Å². The number of likely N-dealkylation sites (N-methyl/N-ethyl adjacent to an activating group) is 1. The maximum absolute atomic E-state index is 10.8. The fraction of sp³-hybridized carbons (Fsp3) is 0.667. The molecule has 0 bridgehead atoms. The largest absolute Gasteiger partial charge is 0.395 e. The molecular formula is C6H14N2O2. The summed E-state index contributed by atoms with van der Waals surface area (Å²) in [6.07, 6.45) is 0. The number of carbonyl (C=O) groups excluding carboxylic acids is 1. The first-order valence-electron chi connectivity index (χ1n) is 3.09. The van der Waals surface area contributed by atoms with E-state index in [-0.39, 0.29) is 6.03 Å². The maximum Gasteiger partial charge on any atom is 0.389 e. The van der Waals surface area contributed by atoms with E-state index in [1.807, 2.05) is 0 Å². The van der Waals surface area contributed by atoms with E-state index in [1.54, 1.807) is 19.1 Å². The standard InChI is InChI=1S/C6H14N2O2/c1-7-6(9)8(2)4-5-10-3/h1,4-5,7H2,2-3H3. The third-order valence-corrected chi connectivity index (χ3v) is 1.18. The van der Waals surface area contributed by atoms with Crippen LogP contribution in [0.1, 0.15) is 0 Å². The van der Waals surface area contributed by atoms with E-state index in [9.17, 15) is 4.79 Å². The first kappa shape index (κ1) is 9.39. The predicted octanol–water partition coefficient (Wildman–Crippen LogP) is -0.960. The van der Waals surface area contributed by atoms with E-state index in [4.69, 9.17) is 4.74 Å². The summed E-state index contributed by atoms with van der Waals surface area (Å²) in [5, 5.41) is 1.29. The summed E-state index contributed by atoms with van der Waals surface area (Å²) in [6, 6.07) is -0.0722. The van der Waals surface area contributed by atoms with E-state index in [2.05, 4.69) is 7.05 Å². The van der Waals surface area contributed by atoms with Crippen LogP contribution in [0.15, 0.2) is 0 Å². The van der Waals surface area contributed by atoms with Gasteiger partial charge in [0, 0.05) is 20.7 Å². The summed E-state index contributed by atoms with van der Waals surface area (Å²) in [5.74, 6) is 0. The second-order valence-corrected chi connectivity index (χ2v) is 1.96. The zero-order chi connectivity index (χ0) is 7.98. The van der Waals surface area contributed by atoms with Gasteiger partial charge in [0.15, 0.2) is 0 Å². The van der Waals surface area contributed by atoms with Crippen molar-refractivity contribution >= 4 is 6.03 Å². The van der Waals surface area contributed by atoms with Gasteiger partial charge in [0.05, 0.1) is 6.61 Å². The van der Waals surface area contributed by atoms with Gasteiger partial charge in [0.2, 0.25) is 0 Å². The van der Waals surface area contributed by atoms with E-state index >= 15 is 0 Å². The number of ether oxygens (including phenoxy) is 1. The molecule has 0 rings (SSSR count). The number of primary amides is 1. The molecular weight excluding hydrogens is 132 g/mol. The third kappa shape index (κ3) is 3.42. The minimum atomic E-state index is -0.0722. The van der Waals surface area contributed by atoms with Gasteiger partial charge in [-0.25, -0.2) is 4.79 Å². The van der Waals surface area contributed by atoms with Crippen LogP contribution in [-0.2, 0) is 4.74 Å². The van der Waals surface area contributed by atoms with Crippen LogP contribution in [0.3, 0.4) is 0 Å². The number of hydrogen-bond donors (Lipinski definition) is 1. The lowest BCUT2D eigenvalue weighted by atomic mass is 10.6. The molecule has 0 aliphatic heterocycles. The number of quaternary nitrogens is 1. The average molecular weight is 146 g/mol. The molecule has 2 N–H and O–H groups in total. The van der Waals surface area contributed by atoms with Crippen molar-refractivity contribution in [3.8, 4) is 0 Å². The molecule has 4 nitrogen and oxygen atoms in total. The molecule has 0 spiro atoms. The fourth-order valence-electron chi connectivity index (χ4n) is 0.494. The Morgan fingerprint density at radius 1 is 1.80 bits per heavy atom. The monoisotopic (exact) mass is 146 g/mol. The summed E-state index contributed by atoms with van der Waals surface area (Å²) in [5.41, 5.74) is 0. The molecule has 0 radical (unpaired) electrons. The lowest BCUT2D eigenvalue weighted by molar-refractivity contribution is -0.497. The van der Waals surface area contributed by atoms with Crippen LogP contribution in [-0.4, -0.2) is 38.2 Å². The lowest BCUT2D eigenvalue weighted by Crippen LogP contribution is -2.84. The summed E-state index contributed by atoms with van der Waals surface area (Å²) < 4.78 is 4.78. The Labute approximate surface area is 61.1 Å². The number of carbonyl (C=O) groups is 1. The van der Waals surface area contributed by atoms with Gasteiger partial charge in [-0.2, -0.15) is 0 Å². The topological polar surface area (TPSA) is 46.2 Å². The van der Waals surface area contributed by atoms with E-state index in [1.165, 1.54) is 5.32 Å². The van der Waals surface area contributed by atoms with Gasteiger partial charge in [-0.05, 0) is 0 Å². The first-order chi connectivity index (χ1) is 4.72. The zero-order valence-corrected chi connectivity index (χ0v) is 6.46. The Morgan fingerprint density at radius 3 is 2.80 bits per heavy atom. The van der Waals surface area contributed by atoms with Crippen LogP contribution in [0.5, 0.6) is 0 Å². The molecule has 0 aromatic carbocycles. The van der Waals surface area contributed by atoms with Gasteiger partial charge < -0.3 is 10.1 Å². The molecule has 0 saturated carbocycles. The van der Waals surface area contributed by atoms with Crippen LogP contribution < -0.4 is 5.32 Å². The number of hydrogen-bond acceptors (Lipinski definition) is 2. The van der Waals surface area contributed by atoms with Crippen molar-refractivity contribution in [2.75, 3.05) is 27.3 Å². The number of amides is 2. The highest BCUT2D eigenvalue weighted by Gasteiger charge is 2.05. The summed E-state index contributed by atoms with van der Waals surface area (Å²) in [6.45, 7) is 1.18. The molecule has 0 unspecified atom stereocenters. The van der Waals surface area contributed by atoms with Gasteiger partial charge in [-0.3, -0.25) is 4.90 Å².